The second kappa shape index (κ2) is 10.0. The van der Waals surface area contributed by atoms with Crippen molar-refractivity contribution < 1.29 is 9.53 Å². The zero-order valence-electron chi connectivity index (χ0n) is 15.9. The Morgan fingerprint density at radius 1 is 1.26 bits per heavy atom. The van der Waals surface area contributed by atoms with E-state index in [4.69, 9.17) is 4.74 Å². The third kappa shape index (κ3) is 6.34. The van der Waals surface area contributed by atoms with Gasteiger partial charge in [0, 0.05) is 32.4 Å². The Kier molecular flexibility index (Phi) is 7.19. The van der Waals surface area contributed by atoms with Gasteiger partial charge in [-0.1, -0.05) is 36.4 Å². The first-order valence-corrected chi connectivity index (χ1v) is 9.47. The van der Waals surface area contributed by atoms with E-state index in [1.165, 1.54) is 5.56 Å². The minimum atomic E-state index is -0.0755. The van der Waals surface area contributed by atoms with Crippen LogP contribution in [0.3, 0.4) is 0 Å². The van der Waals surface area contributed by atoms with Crippen molar-refractivity contribution in [2.45, 2.75) is 19.1 Å². The lowest BCUT2D eigenvalue weighted by atomic mass is 10.1. The van der Waals surface area contributed by atoms with Gasteiger partial charge in [0.15, 0.2) is 0 Å². The molecule has 144 valence electrons. The number of nitrogens with zero attached hydrogens (tertiary/aromatic N) is 3. The molecule has 1 saturated heterocycles. The number of urea groups is 1. The van der Waals surface area contributed by atoms with Gasteiger partial charge in [0.05, 0.1) is 24.9 Å². The first-order valence-electron chi connectivity index (χ1n) is 9.47. The molecule has 0 saturated carbocycles. The van der Waals surface area contributed by atoms with E-state index in [-0.39, 0.29) is 12.1 Å². The van der Waals surface area contributed by atoms with Crippen molar-refractivity contribution in [3.8, 4) is 0 Å². The summed E-state index contributed by atoms with van der Waals surface area (Å²) in [6, 6.07) is 15.9. The first kappa shape index (κ1) is 19.3. The van der Waals surface area contributed by atoms with E-state index in [0.29, 0.717) is 26.2 Å². The molecule has 1 unspecified atom stereocenters. The number of amides is 2. The quantitative estimate of drug-likeness (QED) is 0.814. The Morgan fingerprint density at radius 2 is 2.07 bits per heavy atom. The third-order valence-electron chi connectivity index (χ3n) is 4.70. The smallest absolute Gasteiger partial charge is 0.317 e. The topological polar surface area (TPSA) is 57.7 Å². The highest BCUT2D eigenvalue weighted by atomic mass is 16.5. The average Bonchev–Trinajstić information content (AvgIpc) is 2.71. The van der Waals surface area contributed by atoms with E-state index in [1.54, 1.807) is 6.20 Å². The van der Waals surface area contributed by atoms with Crippen LogP contribution in [0.15, 0.2) is 54.7 Å². The summed E-state index contributed by atoms with van der Waals surface area (Å²) in [6.45, 7) is 4.14. The molecule has 2 amide bonds. The summed E-state index contributed by atoms with van der Waals surface area (Å²) in [4.78, 5) is 21.2. The van der Waals surface area contributed by atoms with E-state index in [2.05, 4.69) is 34.4 Å². The molecule has 1 N–H and O–H groups in total. The number of benzene rings is 1. The number of morpholine rings is 1. The monoisotopic (exact) mass is 368 g/mol. The number of likely N-dealkylation sites (N-methyl/N-ethyl adjacent to an activating group) is 1. The second-order valence-electron chi connectivity index (χ2n) is 6.92. The molecule has 1 fully saturated rings. The summed E-state index contributed by atoms with van der Waals surface area (Å²) in [6.07, 6.45) is 2.61. The maximum absolute atomic E-state index is 12.8. The fourth-order valence-corrected chi connectivity index (χ4v) is 3.15. The van der Waals surface area contributed by atoms with E-state index >= 15 is 0 Å². The fourth-order valence-electron chi connectivity index (χ4n) is 3.15. The van der Waals surface area contributed by atoms with Crippen LogP contribution >= 0.6 is 0 Å². The molecule has 2 aromatic rings. The second-order valence-corrected chi connectivity index (χ2v) is 6.92. The van der Waals surface area contributed by atoms with Gasteiger partial charge in [0.25, 0.3) is 0 Å². The number of aromatic nitrogens is 1. The molecule has 1 aliphatic heterocycles. The van der Waals surface area contributed by atoms with Gasteiger partial charge in [-0.25, -0.2) is 4.79 Å². The van der Waals surface area contributed by atoms with Crippen LogP contribution in [0.2, 0.25) is 0 Å². The van der Waals surface area contributed by atoms with Crippen molar-refractivity contribution in [1.29, 1.82) is 0 Å². The Labute approximate surface area is 161 Å². The minimum Gasteiger partial charge on any atom is -0.374 e. The highest BCUT2D eigenvalue weighted by Gasteiger charge is 2.20. The van der Waals surface area contributed by atoms with Crippen LogP contribution in [0.5, 0.6) is 0 Å². The first-order chi connectivity index (χ1) is 13.2. The van der Waals surface area contributed by atoms with Crippen molar-refractivity contribution in [1.82, 2.24) is 20.1 Å². The zero-order chi connectivity index (χ0) is 18.9. The molecule has 27 heavy (non-hydrogen) atoms. The summed E-state index contributed by atoms with van der Waals surface area (Å²) in [7, 11) is 2.07. The molecule has 3 rings (SSSR count). The highest BCUT2D eigenvalue weighted by molar-refractivity contribution is 5.74. The van der Waals surface area contributed by atoms with E-state index in [0.717, 1.165) is 25.2 Å². The van der Waals surface area contributed by atoms with Crippen molar-refractivity contribution in [3.63, 3.8) is 0 Å². The van der Waals surface area contributed by atoms with Crippen molar-refractivity contribution in [2.24, 2.45) is 0 Å². The summed E-state index contributed by atoms with van der Waals surface area (Å²) >= 11 is 0. The maximum Gasteiger partial charge on any atom is 0.317 e. The number of carbonyl (C=O) groups is 1. The van der Waals surface area contributed by atoms with Crippen LogP contribution in [0, 0.1) is 0 Å². The van der Waals surface area contributed by atoms with Crippen molar-refractivity contribution in [3.05, 3.63) is 66.0 Å². The summed E-state index contributed by atoms with van der Waals surface area (Å²) in [5, 5.41) is 3.04. The lowest BCUT2D eigenvalue weighted by Crippen LogP contribution is -2.49. The predicted molar refractivity (Wildman–Crippen MR) is 105 cm³/mol. The highest BCUT2D eigenvalue weighted by Crippen LogP contribution is 2.07. The number of nitrogens with one attached hydrogen (secondary N) is 1. The molecule has 0 bridgehead atoms. The van der Waals surface area contributed by atoms with Gasteiger partial charge in [-0.3, -0.25) is 4.98 Å². The van der Waals surface area contributed by atoms with Gasteiger partial charge in [0.1, 0.15) is 0 Å². The Balaban J connectivity index is 1.58. The van der Waals surface area contributed by atoms with Crippen LogP contribution in [0.1, 0.15) is 11.3 Å². The summed E-state index contributed by atoms with van der Waals surface area (Å²) in [5.41, 5.74) is 2.10. The maximum atomic E-state index is 12.8. The molecule has 6 nitrogen and oxygen atoms in total. The fraction of sp³-hybridized carbons (Fsp3) is 0.429. The zero-order valence-corrected chi connectivity index (χ0v) is 15.9. The minimum absolute atomic E-state index is 0.0403. The number of carbonyl (C=O) groups excluding carboxylic acids is 1. The van der Waals surface area contributed by atoms with E-state index < -0.39 is 0 Å². The lowest BCUT2D eigenvalue weighted by molar-refractivity contribution is -0.0172. The van der Waals surface area contributed by atoms with Gasteiger partial charge in [-0.15, -0.1) is 0 Å². The molecule has 1 aromatic heterocycles. The van der Waals surface area contributed by atoms with Gasteiger partial charge in [-0.05, 0) is 31.2 Å². The van der Waals surface area contributed by atoms with Crippen LogP contribution in [0.25, 0.3) is 0 Å². The number of hydrogen-bond donors (Lipinski definition) is 1. The SMILES string of the molecule is CN1CCOC(CNC(=O)N(CCc2ccccc2)Cc2ccccn2)C1. The lowest BCUT2D eigenvalue weighted by Gasteiger charge is -2.31. The van der Waals surface area contributed by atoms with Gasteiger partial charge >= 0.3 is 6.03 Å². The Morgan fingerprint density at radius 3 is 2.81 bits per heavy atom. The number of ether oxygens (including phenoxy) is 1. The molecule has 0 radical (unpaired) electrons. The van der Waals surface area contributed by atoms with Gasteiger partial charge < -0.3 is 19.9 Å². The normalized spacial score (nSPS) is 17.4. The van der Waals surface area contributed by atoms with Crippen LogP contribution in [-0.4, -0.2) is 66.8 Å². The molecule has 0 aliphatic carbocycles. The van der Waals surface area contributed by atoms with Gasteiger partial charge in [0.2, 0.25) is 0 Å². The average molecular weight is 368 g/mol. The molecule has 1 atom stereocenters. The van der Waals surface area contributed by atoms with E-state index in [1.807, 2.05) is 41.3 Å². The molecule has 1 aliphatic rings. The Bertz CT molecular complexity index is 696. The molecule has 2 heterocycles. The number of rotatable bonds is 7. The van der Waals surface area contributed by atoms with Crippen LogP contribution < -0.4 is 5.32 Å². The number of pyridine rings is 1. The van der Waals surface area contributed by atoms with Gasteiger partial charge in [-0.2, -0.15) is 0 Å². The predicted octanol–water partition coefficient (Wildman–Crippen LogP) is 2.17. The van der Waals surface area contributed by atoms with Crippen molar-refractivity contribution in [2.75, 3.05) is 39.8 Å². The summed E-state index contributed by atoms with van der Waals surface area (Å²) in [5.74, 6) is 0. The van der Waals surface area contributed by atoms with Crippen LogP contribution in [-0.2, 0) is 17.7 Å². The third-order valence-corrected chi connectivity index (χ3v) is 4.70. The standard InChI is InChI=1S/C21H28N4O2/c1-24-13-14-27-20(17-24)15-23-21(26)25(16-19-9-5-6-11-22-19)12-10-18-7-3-2-4-8-18/h2-9,11,20H,10,12-17H2,1H3,(H,23,26). The molecule has 0 spiro atoms. The molecule has 1 aromatic carbocycles. The van der Waals surface area contributed by atoms with Crippen molar-refractivity contribution >= 4 is 6.03 Å². The van der Waals surface area contributed by atoms with Crippen LogP contribution in [0.4, 0.5) is 4.79 Å². The van der Waals surface area contributed by atoms with E-state index in [9.17, 15) is 4.79 Å². The Hall–Kier alpha value is -2.44. The molecular formula is C21H28N4O2. The molecule has 6 heteroatoms. The largest absolute Gasteiger partial charge is 0.374 e. The number of hydrogen-bond acceptors (Lipinski definition) is 4. The molecular weight excluding hydrogens is 340 g/mol. The summed E-state index contributed by atoms with van der Waals surface area (Å²) < 4.78 is 5.74.